The number of carbonyl (C=O) groups is 3. The van der Waals surface area contributed by atoms with Crippen molar-refractivity contribution in [2.75, 3.05) is 32.7 Å². The maximum atomic E-state index is 12.4. The number of carboxylic acid groups (broad SMARTS) is 1. The summed E-state index contributed by atoms with van der Waals surface area (Å²) in [7, 11) is 2.77. The van der Waals surface area contributed by atoms with Crippen LogP contribution in [0, 0.1) is 0 Å². The summed E-state index contributed by atoms with van der Waals surface area (Å²) in [4.78, 5) is 36.3. The Morgan fingerprint density at radius 3 is 2.03 bits per heavy atom. The Kier molecular flexibility index (Phi) is 6.86. The molecule has 4 rings (SSSR count). The van der Waals surface area contributed by atoms with Crippen molar-refractivity contribution < 1.29 is 33.7 Å². The second-order valence-electron chi connectivity index (χ2n) is 7.79. The number of nitrogens with one attached hydrogen (secondary N) is 2. The van der Waals surface area contributed by atoms with E-state index in [9.17, 15) is 19.5 Å². The highest BCUT2D eigenvalue weighted by Crippen LogP contribution is 2.44. The minimum Gasteiger partial charge on any atom is -0.493 e. The minimum absolute atomic E-state index is 0.00878. The number of aromatic carboxylic acids is 1. The first-order valence-corrected chi connectivity index (χ1v) is 10.8. The Bertz CT molecular complexity index is 1240. The summed E-state index contributed by atoms with van der Waals surface area (Å²) in [5.74, 6) is -1.54. The van der Waals surface area contributed by atoms with Crippen molar-refractivity contribution in [2.45, 2.75) is 5.92 Å². The second kappa shape index (κ2) is 10.2. The van der Waals surface area contributed by atoms with Crippen LogP contribution in [0.4, 0.5) is 10.5 Å². The molecule has 0 heterocycles. The van der Waals surface area contributed by atoms with Crippen molar-refractivity contribution >= 4 is 23.7 Å². The smallest absolute Gasteiger partial charge is 0.407 e. The van der Waals surface area contributed by atoms with Gasteiger partial charge in [0.1, 0.15) is 13.2 Å². The molecular formula is C26H24N2O7. The van der Waals surface area contributed by atoms with Crippen LogP contribution < -0.4 is 20.1 Å². The standard InChI is InChI=1S/C26H24N2O7/c1-33-22-11-19(25(30)31)21(12-23(22)34-2)28-24(29)13-27-26(32)35-14-20-17-9-5-3-7-15(17)16-8-4-6-10-18(16)20/h3-12,20H,13-14H2,1-2H3,(H,27,32)(H,28,29)(H,30,31). The van der Waals surface area contributed by atoms with Gasteiger partial charge in [-0.25, -0.2) is 9.59 Å². The van der Waals surface area contributed by atoms with Crippen LogP contribution in [0.1, 0.15) is 27.4 Å². The number of rotatable bonds is 8. The van der Waals surface area contributed by atoms with Crippen LogP contribution in [-0.2, 0) is 9.53 Å². The summed E-state index contributed by atoms with van der Waals surface area (Å²) in [6.07, 6.45) is -0.757. The van der Waals surface area contributed by atoms with Gasteiger partial charge in [-0.3, -0.25) is 4.79 Å². The van der Waals surface area contributed by atoms with Gasteiger partial charge in [0.25, 0.3) is 0 Å². The van der Waals surface area contributed by atoms with E-state index in [1.54, 1.807) is 0 Å². The Morgan fingerprint density at radius 2 is 1.46 bits per heavy atom. The lowest BCUT2D eigenvalue weighted by molar-refractivity contribution is -0.115. The summed E-state index contributed by atoms with van der Waals surface area (Å²) < 4.78 is 15.7. The zero-order chi connectivity index (χ0) is 24.9. The van der Waals surface area contributed by atoms with Gasteiger partial charge < -0.3 is 30.0 Å². The fourth-order valence-corrected chi connectivity index (χ4v) is 4.16. The lowest BCUT2D eigenvalue weighted by Gasteiger charge is -2.15. The van der Waals surface area contributed by atoms with E-state index in [-0.39, 0.29) is 35.3 Å². The average Bonchev–Trinajstić information content (AvgIpc) is 3.19. The van der Waals surface area contributed by atoms with E-state index in [0.29, 0.717) is 0 Å². The first-order chi connectivity index (χ1) is 16.9. The maximum Gasteiger partial charge on any atom is 0.407 e. The molecule has 9 heteroatoms. The molecule has 0 radical (unpaired) electrons. The quantitative estimate of drug-likeness (QED) is 0.451. The lowest BCUT2D eigenvalue weighted by Crippen LogP contribution is -2.34. The van der Waals surface area contributed by atoms with E-state index in [1.165, 1.54) is 26.4 Å². The normalized spacial score (nSPS) is 11.7. The average molecular weight is 476 g/mol. The van der Waals surface area contributed by atoms with Gasteiger partial charge in [-0.2, -0.15) is 0 Å². The fraction of sp³-hybridized carbons (Fsp3) is 0.192. The van der Waals surface area contributed by atoms with Crippen LogP contribution in [0.5, 0.6) is 11.5 Å². The number of methoxy groups -OCH3 is 2. The van der Waals surface area contributed by atoms with Crippen molar-refractivity contribution in [2.24, 2.45) is 0 Å². The van der Waals surface area contributed by atoms with Gasteiger partial charge >= 0.3 is 12.1 Å². The number of alkyl carbamates (subject to hydrolysis) is 1. The predicted molar refractivity (Wildman–Crippen MR) is 128 cm³/mol. The highest BCUT2D eigenvalue weighted by atomic mass is 16.5. The third-order valence-corrected chi connectivity index (χ3v) is 5.77. The molecular weight excluding hydrogens is 452 g/mol. The number of carboxylic acids is 1. The van der Waals surface area contributed by atoms with Crippen LogP contribution in [0.2, 0.25) is 0 Å². The zero-order valence-corrected chi connectivity index (χ0v) is 19.2. The molecule has 0 bridgehead atoms. The second-order valence-corrected chi connectivity index (χ2v) is 7.79. The summed E-state index contributed by atoms with van der Waals surface area (Å²) in [5, 5.41) is 14.3. The van der Waals surface area contributed by atoms with Gasteiger partial charge in [-0.1, -0.05) is 48.5 Å². The molecule has 1 aliphatic carbocycles. The maximum absolute atomic E-state index is 12.4. The number of ether oxygens (including phenoxy) is 3. The Hall–Kier alpha value is -4.53. The Morgan fingerprint density at radius 1 is 0.886 bits per heavy atom. The first-order valence-electron chi connectivity index (χ1n) is 10.8. The molecule has 180 valence electrons. The molecule has 0 saturated heterocycles. The topological polar surface area (TPSA) is 123 Å². The molecule has 3 N–H and O–H groups in total. The molecule has 3 aromatic carbocycles. The fourth-order valence-electron chi connectivity index (χ4n) is 4.16. The Labute approximate surface area is 201 Å². The third kappa shape index (κ3) is 4.89. The predicted octanol–water partition coefficient (Wildman–Crippen LogP) is 3.88. The number of carbonyl (C=O) groups excluding carboxylic acids is 2. The van der Waals surface area contributed by atoms with Crippen molar-refractivity contribution in [1.29, 1.82) is 0 Å². The molecule has 0 saturated carbocycles. The van der Waals surface area contributed by atoms with Gasteiger partial charge in [0, 0.05) is 18.1 Å². The summed E-state index contributed by atoms with van der Waals surface area (Å²) in [6, 6.07) is 18.5. The van der Waals surface area contributed by atoms with Crippen molar-refractivity contribution in [3.05, 3.63) is 77.4 Å². The highest BCUT2D eigenvalue weighted by molar-refractivity contribution is 6.02. The molecule has 9 nitrogen and oxygen atoms in total. The molecule has 0 aliphatic heterocycles. The van der Waals surface area contributed by atoms with Gasteiger partial charge in [0.2, 0.25) is 5.91 Å². The van der Waals surface area contributed by atoms with E-state index < -0.39 is 24.5 Å². The van der Waals surface area contributed by atoms with E-state index in [4.69, 9.17) is 14.2 Å². The van der Waals surface area contributed by atoms with Gasteiger partial charge in [0.15, 0.2) is 11.5 Å². The molecule has 1 aliphatic rings. The summed E-state index contributed by atoms with van der Waals surface area (Å²) in [5.41, 5.74) is 4.20. The zero-order valence-electron chi connectivity index (χ0n) is 19.2. The van der Waals surface area contributed by atoms with Crippen LogP contribution in [0.3, 0.4) is 0 Å². The SMILES string of the molecule is COc1cc(NC(=O)CNC(=O)OCC2c3ccccc3-c3ccccc32)c(C(=O)O)cc1OC. The molecule has 0 spiro atoms. The number of amides is 2. The van der Waals surface area contributed by atoms with Crippen molar-refractivity contribution in [3.8, 4) is 22.6 Å². The number of hydrogen-bond donors (Lipinski definition) is 3. The molecule has 3 aromatic rings. The third-order valence-electron chi connectivity index (χ3n) is 5.77. The summed E-state index contributed by atoms with van der Waals surface area (Å²) in [6.45, 7) is -0.301. The van der Waals surface area contributed by atoms with Crippen LogP contribution in [-0.4, -0.2) is 50.4 Å². The van der Waals surface area contributed by atoms with Crippen molar-refractivity contribution in [3.63, 3.8) is 0 Å². The lowest BCUT2D eigenvalue weighted by atomic mass is 9.98. The molecule has 35 heavy (non-hydrogen) atoms. The number of fused-ring (bicyclic) bond motifs is 3. The van der Waals surface area contributed by atoms with Gasteiger partial charge in [-0.05, 0) is 22.3 Å². The molecule has 0 atom stereocenters. The highest BCUT2D eigenvalue weighted by Gasteiger charge is 2.29. The number of benzene rings is 3. The number of anilines is 1. The monoisotopic (exact) mass is 476 g/mol. The molecule has 2 amide bonds. The van der Waals surface area contributed by atoms with E-state index in [2.05, 4.69) is 10.6 Å². The van der Waals surface area contributed by atoms with Crippen LogP contribution in [0.25, 0.3) is 11.1 Å². The van der Waals surface area contributed by atoms with Crippen molar-refractivity contribution in [1.82, 2.24) is 5.32 Å². The Balaban J connectivity index is 1.36. The number of hydrogen-bond acceptors (Lipinski definition) is 6. The minimum atomic E-state index is -1.26. The van der Waals surface area contributed by atoms with E-state index >= 15 is 0 Å². The van der Waals surface area contributed by atoms with Gasteiger partial charge in [0.05, 0.1) is 25.5 Å². The molecule has 0 fully saturated rings. The summed E-state index contributed by atoms with van der Waals surface area (Å²) >= 11 is 0. The van der Waals surface area contributed by atoms with Crippen LogP contribution in [0.15, 0.2) is 60.7 Å². The van der Waals surface area contributed by atoms with Crippen LogP contribution >= 0.6 is 0 Å². The van der Waals surface area contributed by atoms with Gasteiger partial charge in [-0.15, -0.1) is 0 Å². The molecule has 0 unspecified atom stereocenters. The molecule has 0 aromatic heterocycles. The van der Waals surface area contributed by atoms with E-state index in [0.717, 1.165) is 22.3 Å². The van der Waals surface area contributed by atoms with E-state index in [1.807, 2.05) is 48.5 Å². The largest absolute Gasteiger partial charge is 0.493 e. The first kappa shape index (κ1) is 23.6.